The molecule has 0 saturated carbocycles. The molecule has 0 aliphatic heterocycles. The topological polar surface area (TPSA) is 83.0 Å². The Labute approximate surface area is 215 Å². The number of halogens is 5. The summed E-state index contributed by atoms with van der Waals surface area (Å²) < 4.78 is 0. The molecule has 0 spiro atoms. The van der Waals surface area contributed by atoms with Gasteiger partial charge >= 0.3 is 0 Å². The zero-order valence-corrected chi connectivity index (χ0v) is 22.2. The third-order valence-corrected chi connectivity index (χ3v) is 3.67. The minimum Gasteiger partial charge on any atom is -1.00 e. The van der Waals surface area contributed by atoms with E-state index < -0.39 is 0 Å². The van der Waals surface area contributed by atoms with E-state index in [1.54, 1.807) is 0 Å². The Morgan fingerprint density at radius 3 is 0.667 bits per heavy atom. The van der Waals surface area contributed by atoms with Crippen LogP contribution in [0, 0.1) is 0 Å². The highest BCUT2D eigenvalue weighted by molar-refractivity contribution is 4.83. The van der Waals surface area contributed by atoms with E-state index in [1.165, 1.54) is 0 Å². The second-order valence-corrected chi connectivity index (χ2v) is 6.03. The fourth-order valence-electron chi connectivity index (χ4n) is 2.16. The molecule has 0 saturated heterocycles. The van der Waals surface area contributed by atoms with Gasteiger partial charge < -0.3 is 88.6 Å². The van der Waals surface area contributed by atoms with E-state index in [0.717, 1.165) is 65.4 Å². The van der Waals surface area contributed by atoms with Crippen LogP contribution in [-0.4, -0.2) is 65.4 Å². The van der Waals surface area contributed by atoms with Crippen molar-refractivity contribution in [1.29, 1.82) is 0 Å². The normalized spacial score (nSPS) is 10.5. The molecule has 184 valence electrons. The Hall–Kier alpha value is 0.210. The molecule has 0 fully saturated rings. The van der Waals surface area contributed by atoms with Crippen molar-refractivity contribution in [1.82, 2.24) is 0 Å². The van der Waals surface area contributed by atoms with Crippen LogP contribution in [0.2, 0.25) is 0 Å². The van der Waals surface area contributed by atoms with Crippen LogP contribution >= 0.6 is 0 Å². The van der Waals surface area contributed by atoms with E-state index in [2.05, 4.69) is 89.0 Å². The van der Waals surface area contributed by atoms with Crippen LogP contribution in [0.25, 0.3) is 0 Å². The fraction of sp³-hybridized carbons (Fsp3) is 0.600. The molecule has 0 unspecified atom stereocenters. The molecular weight excluding hydrogens is 488 g/mol. The summed E-state index contributed by atoms with van der Waals surface area (Å²) in [4.78, 5) is 0. The first-order valence-corrected chi connectivity index (χ1v) is 10.1. The second kappa shape index (κ2) is 43.2. The summed E-state index contributed by atoms with van der Waals surface area (Å²) in [5.41, 5.74) is 0. The fourth-order valence-corrected chi connectivity index (χ4v) is 2.16. The number of hydrogen-bond donors (Lipinski definition) is 5. The maximum absolute atomic E-state index is 2.33. The zero-order chi connectivity index (χ0) is 18.3. The molecule has 0 heterocycles. The summed E-state index contributed by atoms with van der Waals surface area (Å²) >= 11 is 0. The van der Waals surface area contributed by atoms with E-state index in [0.29, 0.717) is 0 Å². The smallest absolute Gasteiger partial charge is 0.0946 e. The Morgan fingerprint density at radius 1 is 0.333 bits per heavy atom. The summed E-state index contributed by atoms with van der Waals surface area (Å²) in [6.45, 7) is 15.4. The molecule has 10 heteroatoms. The quantitative estimate of drug-likeness (QED) is 0.0860. The lowest BCUT2D eigenvalue weighted by Gasteiger charge is -1.95. The Bertz CT molecular complexity index is 347. The van der Waals surface area contributed by atoms with Crippen LogP contribution in [0.1, 0.15) is 13.8 Å². The summed E-state index contributed by atoms with van der Waals surface area (Å²) in [6.07, 6.45) is 18.1. The maximum atomic E-state index is 2.33. The van der Waals surface area contributed by atoms with Gasteiger partial charge in [-0.15, -0.1) is 0 Å². The molecule has 0 amide bonds. The lowest BCUT2D eigenvalue weighted by Crippen LogP contribution is -3.00. The average molecular weight is 532 g/mol. The molecule has 0 aliphatic rings. The molecule has 0 rings (SSSR count). The van der Waals surface area contributed by atoms with Gasteiger partial charge in [0.2, 0.25) is 0 Å². The molecule has 10 N–H and O–H groups in total. The van der Waals surface area contributed by atoms with Crippen LogP contribution in [0.4, 0.5) is 0 Å². The van der Waals surface area contributed by atoms with Gasteiger partial charge in [0.25, 0.3) is 0 Å². The van der Waals surface area contributed by atoms with Gasteiger partial charge in [-0.25, -0.2) is 0 Å². The number of quaternary nitrogens is 5. The number of nitrogens with two attached hydrogens (primary N) is 5. The summed E-state index contributed by atoms with van der Waals surface area (Å²) in [5, 5.41) is 11.6. The van der Waals surface area contributed by atoms with Crippen molar-refractivity contribution in [2.24, 2.45) is 0 Å². The predicted molar refractivity (Wildman–Crippen MR) is 106 cm³/mol. The predicted octanol–water partition coefficient (Wildman–Crippen LogP) is -18.9. The van der Waals surface area contributed by atoms with Crippen LogP contribution in [-0.2, 0) is 0 Å². The van der Waals surface area contributed by atoms with Crippen LogP contribution in [0.15, 0.2) is 48.6 Å². The lowest BCUT2D eigenvalue weighted by atomic mass is 10.4. The molecule has 0 atom stereocenters. The lowest BCUT2D eigenvalue weighted by molar-refractivity contribution is -0.645. The number of hydrogen-bond acceptors (Lipinski definition) is 0. The summed E-state index contributed by atoms with van der Waals surface area (Å²) in [7, 11) is 0. The van der Waals surface area contributed by atoms with Crippen molar-refractivity contribution in [3.8, 4) is 0 Å². The molecule has 0 radical (unpaired) electrons. The standard InChI is InChI=1S/C20H39N5.5ClH/c1-3-21-13-5-7-15-23-17-9-11-19-25-20-12-10-18-24-16-8-6-14-22-4-2;;;;;/h5-12,21-25H,3-4,13-20H2,1-2H3;5*1H/b7-5-,8-6-,11-9-,12-10-;;;;;. The SMILES string of the molecule is CC[NH2+]C/C=C\C[NH2+]C/C=C\C[NH2+]C/C=C\C[NH2+]C/C=C\C[NH2+]CC.[Cl-].[Cl-].[Cl-].[Cl-].[Cl-]. The number of rotatable bonds is 18. The Morgan fingerprint density at radius 2 is 0.500 bits per heavy atom. The van der Waals surface area contributed by atoms with Crippen LogP contribution in [0.3, 0.4) is 0 Å². The van der Waals surface area contributed by atoms with Gasteiger partial charge in [-0.3, -0.25) is 0 Å². The van der Waals surface area contributed by atoms with Crippen molar-refractivity contribution in [3.05, 3.63) is 48.6 Å². The zero-order valence-electron chi connectivity index (χ0n) is 18.5. The van der Waals surface area contributed by atoms with Gasteiger partial charge in [0.1, 0.15) is 0 Å². The molecule has 5 nitrogen and oxygen atoms in total. The number of likely N-dealkylation sites (N-methyl/N-ethyl adjacent to an activating group) is 2. The average Bonchev–Trinajstić information content (AvgIpc) is 2.63. The molecule has 0 bridgehead atoms. The minimum absolute atomic E-state index is 0. The first kappa shape index (κ1) is 44.0. The van der Waals surface area contributed by atoms with Gasteiger partial charge in [0, 0.05) is 0 Å². The van der Waals surface area contributed by atoms with Crippen molar-refractivity contribution in [2.75, 3.05) is 65.4 Å². The summed E-state index contributed by atoms with van der Waals surface area (Å²) in [6, 6.07) is 0. The third kappa shape index (κ3) is 42.3. The van der Waals surface area contributed by atoms with Gasteiger partial charge in [-0.05, 0) is 62.5 Å². The van der Waals surface area contributed by atoms with Crippen molar-refractivity contribution in [2.45, 2.75) is 13.8 Å². The Kier molecular flexibility index (Phi) is 63.3. The van der Waals surface area contributed by atoms with E-state index in [1.807, 2.05) is 0 Å². The second-order valence-electron chi connectivity index (χ2n) is 6.03. The monoisotopic (exact) mass is 529 g/mol. The molecular formula is C20H44Cl5N5. The van der Waals surface area contributed by atoms with Gasteiger partial charge in [-0.1, -0.05) is 0 Å². The van der Waals surface area contributed by atoms with Gasteiger partial charge in [0.05, 0.1) is 65.4 Å². The van der Waals surface area contributed by atoms with E-state index in [9.17, 15) is 0 Å². The van der Waals surface area contributed by atoms with Gasteiger partial charge in [0.15, 0.2) is 0 Å². The van der Waals surface area contributed by atoms with E-state index in [-0.39, 0.29) is 62.0 Å². The first-order valence-electron chi connectivity index (χ1n) is 10.1. The van der Waals surface area contributed by atoms with E-state index >= 15 is 0 Å². The summed E-state index contributed by atoms with van der Waals surface area (Å²) in [5.74, 6) is 0. The first-order chi connectivity index (χ1) is 12.4. The van der Waals surface area contributed by atoms with E-state index in [4.69, 9.17) is 0 Å². The highest BCUT2D eigenvalue weighted by Gasteiger charge is 1.86. The van der Waals surface area contributed by atoms with Crippen LogP contribution in [0.5, 0.6) is 0 Å². The molecule has 0 aromatic heterocycles. The Balaban J connectivity index is -0.000000288. The van der Waals surface area contributed by atoms with Crippen molar-refractivity contribution < 1.29 is 88.6 Å². The highest BCUT2D eigenvalue weighted by Crippen LogP contribution is 1.65. The van der Waals surface area contributed by atoms with Crippen molar-refractivity contribution in [3.63, 3.8) is 0 Å². The molecule has 0 aromatic rings. The largest absolute Gasteiger partial charge is 1.00 e. The molecule has 30 heavy (non-hydrogen) atoms. The van der Waals surface area contributed by atoms with Crippen LogP contribution < -0.4 is 88.6 Å². The maximum Gasteiger partial charge on any atom is 0.0946 e. The van der Waals surface area contributed by atoms with Crippen molar-refractivity contribution >= 4 is 0 Å². The third-order valence-electron chi connectivity index (χ3n) is 3.67. The highest BCUT2D eigenvalue weighted by atomic mass is 35.5. The molecule has 0 aromatic carbocycles. The van der Waals surface area contributed by atoms with Gasteiger partial charge in [-0.2, -0.15) is 0 Å². The minimum atomic E-state index is 0. The molecule has 0 aliphatic carbocycles.